The summed E-state index contributed by atoms with van der Waals surface area (Å²) in [5.41, 5.74) is 3.28. The van der Waals surface area contributed by atoms with Gasteiger partial charge in [0, 0.05) is 50.1 Å². The Kier molecular flexibility index (Phi) is 4.47. The van der Waals surface area contributed by atoms with Crippen LogP contribution >= 0.6 is 0 Å². The van der Waals surface area contributed by atoms with E-state index in [4.69, 9.17) is 7.85 Å². The molecule has 0 spiro atoms. The molecule has 0 atom stereocenters. The minimum atomic E-state index is 0.527. The second-order valence-corrected chi connectivity index (χ2v) is 5.79. The molecule has 26 heavy (non-hydrogen) atoms. The first-order valence-electron chi connectivity index (χ1n) is 8.19. The van der Waals surface area contributed by atoms with Crippen LogP contribution in [0.2, 0.25) is 0 Å². The Morgan fingerprint density at radius 1 is 0.923 bits per heavy atom. The lowest BCUT2D eigenvalue weighted by Crippen LogP contribution is -2.11. The van der Waals surface area contributed by atoms with E-state index in [0.717, 1.165) is 16.9 Å². The average molecular weight is 341 g/mol. The molecule has 4 rings (SSSR count). The number of rotatable bonds is 6. The van der Waals surface area contributed by atoms with Gasteiger partial charge in [0.2, 0.25) is 0 Å². The molecular formula is C18H16BN7. The summed E-state index contributed by atoms with van der Waals surface area (Å²) in [7, 11) is 6.01. The highest BCUT2D eigenvalue weighted by molar-refractivity contribution is 6.36. The highest BCUT2D eigenvalue weighted by atomic mass is 15.3. The maximum Gasteiger partial charge on any atom is 0.152 e. The molecule has 4 aromatic heterocycles. The number of hydrogen-bond donors (Lipinski definition) is 2. The van der Waals surface area contributed by atoms with Crippen molar-refractivity contribution in [2.45, 2.75) is 13.1 Å². The Hall–Kier alpha value is -3.42. The molecule has 0 aliphatic carbocycles. The Balaban J connectivity index is 1.59. The van der Waals surface area contributed by atoms with E-state index in [2.05, 4.69) is 30.7 Å². The summed E-state index contributed by atoms with van der Waals surface area (Å²) in [5, 5.41) is 11.0. The Labute approximate surface area is 151 Å². The van der Waals surface area contributed by atoms with Crippen molar-refractivity contribution in [1.29, 1.82) is 0 Å². The van der Waals surface area contributed by atoms with Crippen LogP contribution in [0.3, 0.4) is 0 Å². The van der Waals surface area contributed by atoms with Gasteiger partial charge in [-0.1, -0.05) is 12.1 Å². The molecule has 8 heteroatoms. The maximum absolute atomic E-state index is 6.01. The van der Waals surface area contributed by atoms with Crippen molar-refractivity contribution in [2.24, 2.45) is 0 Å². The first-order chi connectivity index (χ1) is 12.8. The van der Waals surface area contributed by atoms with Crippen LogP contribution in [0.5, 0.6) is 0 Å². The zero-order valence-electron chi connectivity index (χ0n) is 14.0. The average Bonchev–Trinajstić information content (AvgIpc) is 3.07. The summed E-state index contributed by atoms with van der Waals surface area (Å²) in [6, 6.07) is 9.74. The fraction of sp³-hybridized carbons (Fsp3) is 0.111. The van der Waals surface area contributed by atoms with Crippen molar-refractivity contribution in [3.63, 3.8) is 0 Å². The molecule has 0 fully saturated rings. The molecule has 4 aromatic rings. The number of hydrogen-bond acceptors (Lipinski definition) is 6. The minimum absolute atomic E-state index is 0.527. The Bertz CT molecular complexity index is 1000. The van der Waals surface area contributed by atoms with Crippen LogP contribution in [0.15, 0.2) is 61.3 Å². The number of nitrogens with one attached hydrogen (secondary N) is 2. The van der Waals surface area contributed by atoms with Crippen molar-refractivity contribution < 1.29 is 0 Å². The number of aromatic nitrogens is 5. The topological polar surface area (TPSA) is 80.0 Å². The van der Waals surface area contributed by atoms with E-state index < -0.39 is 0 Å². The molecule has 2 N–H and O–H groups in total. The standard InChI is InChI=1S/C18H16BN7/c19-15-12-24-26-17(23-11-14-4-2-6-21-9-14)7-16(25-18(15)26)22-10-13-3-1-5-20-8-13/h1-9,12,23H,10-11H2,(H,22,25). The number of fused-ring (bicyclic) bond motifs is 1. The zero-order chi connectivity index (χ0) is 17.8. The molecule has 0 aromatic carbocycles. The highest BCUT2D eigenvalue weighted by Gasteiger charge is 2.09. The molecule has 0 bridgehead atoms. The molecule has 0 saturated carbocycles. The van der Waals surface area contributed by atoms with Crippen molar-refractivity contribution >= 4 is 30.6 Å². The highest BCUT2D eigenvalue weighted by Crippen LogP contribution is 2.16. The molecule has 0 unspecified atom stereocenters. The molecule has 0 amide bonds. The van der Waals surface area contributed by atoms with Gasteiger partial charge < -0.3 is 10.6 Å². The lowest BCUT2D eigenvalue weighted by atomic mass is 10.0. The van der Waals surface area contributed by atoms with Gasteiger partial charge in [-0.15, -0.1) is 0 Å². The predicted octanol–water partition coefficient (Wildman–Crippen LogP) is 1.54. The van der Waals surface area contributed by atoms with Crippen LogP contribution in [0.25, 0.3) is 5.65 Å². The van der Waals surface area contributed by atoms with E-state index in [1.807, 2.05) is 42.7 Å². The Morgan fingerprint density at radius 3 is 2.27 bits per heavy atom. The quantitative estimate of drug-likeness (QED) is 0.518. The lowest BCUT2D eigenvalue weighted by Gasteiger charge is -2.12. The van der Waals surface area contributed by atoms with Gasteiger partial charge in [0.25, 0.3) is 0 Å². The third-order valence-electron chi connectivity index (χ3n) is 3.89. The normalized spacial score (nSPS) is 10.8. The molecule has 0 saturated heterocycles. The van der Waals surface area contributed by atoms with Gasteiger partial charge in [-0.2, -0.15) is 9.61 Å². The summed E-state index contributed by atoms with van der Waals surface area (Å²) in [5.74, 6) is 1.51. The van der Waals surface area contributed by atoms with Gasteiger partial charge in [-0.25, -0.2) is 4.98 Å². The zero-order valence-corrected chi connectivity index (χ0v) is 14.0. The number of anilines is 2. The largest absolute Gasteiger partial charge is 0.366 e. The molecule has 7 nitrogen and oxygen atoms in total. The third kappa shape index (κ3) is 3.49. The minimum Gasteiger partial charge on any atom is -0.366 e. The summed E-state index contributed by atoms with van der Waals surface area (Å²) >= 11 is 0. The molecule has 0 aliphatic rings. The Morgan fingerprint density at radius 2 is 1.62 bits per heavy atom. The molecule has 4 heterocycles. The van der Waals surface area contributed by atoms with Gasteiger partial charge in [-0.3, -0.25) is 9.97 Å². The van der Waals surface area contributed by atoms with Crippen molar-refractivity contribution in [1.82, 2.24) is 24.6 Å². The third-order valence-corrected chi connectivity index (χ3v) is 3.89. The second-order valence-electron chi connectivity index (χ2n) is 5.79. The molecule has 2 radical (unpaired) electrons. The summed E-state index contributed by atoms with van der Waals surface area (Å²) in [6.45, 7) is 1.24. The van der Waals surface area contributed by atoms with E-state index in [0.29, 0.717) is 30.0 Å². The molecule has 126 valence electrons. The smallest absolute Gasteiger partial charge is 0.152 e. The van der Waals surface area contributed by atoms with Crippen LogP contribution in [-0.2, 0) is 13.1 Å². The van der Waals surface area contributed by atoms with Gasteiger partial charge in [0.1, 0.15) is 19.5 Å². The van der Waals surface area contributed by atoms with Crippen molar-refractivity contribution in [2.75, 3.05) is 10.6 Å². The van der Waals surface area contributed by atoms with Crippen LogP contribution < -0.4 is 16.1 Å². The first-order valence-corrected chi connectivity index (χ1v) is 8.19. The first kappa shape index (κ1) is 16.1. The van der Waals surface area contributed by atoms with Crippen molar-refractivity contribution in [3.05, 3.63) is 72.4 Å². The molecule has 0 aliphatic heterocycles. The SMILES string of the molecule is [B]c1cnn2c(NCc3cccnc3)cc(NCc3cccnc3)nc12. The van der Waals surface area contributed by atoms with Crippen LogP contribution in [0, 0.1) is 0 Å². The monoisotopic (exact) mass is 341 g/mol. The van der Waals surface area contributed by atoms with Crippen LogP contribution in [0.4, 0.5) is 11.6 Å². The number of nitrogens with zero attached hydrogens (tertiary/aromatic N) is 5. The summed E-state index contributed by atoms with van der Waals surface area (Å²) < 4.78 is 1.70. The maximum atomic E-state index is 6.01. The van der Waals surface area contributed by atoms with E-state index in [1.54, 1.807) is 23.1 Å². The summed E-state index contributed by atoms with van der Waals surface area (Å²) in [4.78, 5) is 12.8. The summed E-state index contributed by atoms with van der Waals surface area (Å²) in [6.07, 6.45) is 8.75. The number of pyridine rings is 2. The van der Waals surface area contributed by atoms with Gasteiger partial charge in [-0.05, 0) is 28.7 Å². The fourth-order valence-corrected chi connectivity index (χ4v) is 2.59. The van der Waals surface area contributed by atoms with E-state index in [9.17, 15) is 0 Å². The lowest BCUT2D eigenvalue weighted by molar-refractivity contribution is 0.921. The van der Waals surface area contributed by atoms with Gasteiger partial charge in [0.05, 0.1) is 0 Å². The predicted molar refractivity (Wildman–Crippen MR) is 102 cm³/mol. The van der Waals surface area contributed by atoms with Gasteiger partial charge >= 0.3 is 0 Å². The van der Waals surface area contributed by atoms with Gasteiger partial charge in [0.15, 0.2) is 5.65 Å². The molecular weight excluding hydrogens is 325 g/mol. The van der Waals surface area contributed by atoms with E-state index in [1.165, 1.54) is 0 Å². The fourth-order valence-electron chi connectivity index (χ4n) is 2.59. The van der Waals surface area contributed by atoms with Crippen LogP contribution in [0.1, 0.15) is 11.1 Å². The van der Waals surface area contributed by atoms with Crippen molar-refractivity contribution in [3.8, 4) is 0 Å². The van der Waals surface area contributed by atoms with E-state index in [-0.39, 0.29) is 0 Å². The van der Waals surface area contributed by atoms with E-state index >= 15 is 0 Å². The van der Waals surface area contributed by atoms with Crippen LogP contribution in [-0.4, -0.2) is 32.4 Å². The second kappa shape index (κ2) is 7.22.